The van der Waals surface area contributed by atoms with Crippen LogP contribution in [0.1, 0.15) is 17.5 Å². The van der Waals surface area contributed by atoms with Crippen molar-refractivity contribution in [2.24, 2.45) is 11.7 Å². The minimum atomic E-state index is -4.42. The van der Waals surface area contributed by atoms with E-state index in [4.69, 9.17) is 10.5 Å². The fourth-order valence-electron chi connectivity index (χ4n) is 2.32. The van der Waals surface area contributed by atoms with Crippen LogP contribution < -0.4 is 11.1 Å². The van der Waals surface area contributed by atoms with Crippen molar-refractivity contribution >= 4 is 11.8 Å². The number of primary amides is 1. The zero-order chi connectivity index (χ0) is 17.0. The first-order valence-corrected chi connectivity index (χ1v) is 7.11. The van der Waals surface area contributed by atoms with Crippen molar-refractivity contribution in [1.29, 1.82) is 0 Å². The standard InChI is InChI=1S/C15H17F3N2O3/c16-15(17,18)11-3-1-9(2-4-11)7-12(13(19)21)20-14(22)10-5-6-23-8-10/h1-4,10,12H,5-8H2,(H2,19,21)(H,20,22)/t10-,12-/m1/s1. The van der Waals surface area contributed by atoms with E-state index in [-0.39, 0.29) is 24.9 Å². The van der Waals surface area contributed by atoms with Gasteiger partial charge in [0.05, 0.1) is 18.1 Å². The van der Waals surface area contributed by atoms with Gasteiger partial charge in [-0.3, -0.25) is 9.59 Å². The lowest BCUT2D eigenvalue weighted by molar-refractivity contribution is -0.137. The Morgan fingerprint density at radius 3 is 2.43 bits per heavy atom. The largest absolute Gasteiger partial charge is 0.416 e. The third kappa shape index (κ3) is 4.69. The molecule has 1 aromatic rings. The minimum absolute atomic E-state index is 0.0345. The molecule has 2 atom stereocenters. The highest BCUT2D eigenvalue weighted by Gasteiger charge is 2.30. The summed E-state index contributed by atoms with van der Waals surface area (Å²) in [6, 6.07) is 3.42. The first kappa shape index (κ1) is 17.3. The predicted octanol–water partition coefficient (Wildman–Crippen LogP) is 1.25. The van der Waals surface area contributed by atoms with E-state index in [1.807, 2.05) is 0 Å². The van der Waals surface area contributed by atoms with Crippen molar-refractivity contribution in [3.05, 3.63) is 35.4 Å². The van der Waals surface area contributed by atoms with Crippen molar-refractivity contribution in [2.45, 2.75) is 25.1 Å². The molecule has 1 aliphatic heterocycles. The Morgan fingerprint density at radius 2 is 1.96 bits per heavy atom. The van der Waals surface area contributed by atoms with Crippen LogP contribution >= 0.6 is 0 Å². The summed E-state index contributed by atoms with van der Waals surface area (Å²) < 4.78 is 42.6. The summed E-state index contributed by atoms with van der Waals surface area (Å²) in [5, 5.41) is 2.54. The van der Waals surface area contributed by atoms with Crippen molar-refractivity contribution in [3.8, 4) is 0 Å². The van der Waals surface area contributed by atoms with E-state index in [1.165, 1.54) is 12.1 Å². The van der Waals surface area contributed by atoms with E-state index < -0.39 is 23.7 Å². The smallest absolute Gasteiger partial charge is 0.381 e. The molecule has 1 aliphatic rings. The quantitative estimate of drug-likeness (QED) is 0.853. The zero-order valence-corrected chi connectivity index (χ0v) is 12.2. The van der Waals surface area contributed by atoms with Crippen LogP contribution in [0, 0.1) is 5.92 Å². The number of nitrogens with one attached hydrogen (secondary N) is 1. The normalized spacial score (nSPS) is 19.3. The van der Waals surface area contributed by atoms with Gasteiger partial charge in [0.15, 0.2) is 0 Å². The number of carbonyl (C=O) groups is 2. The Bertz CT molecular complexity index is 566. The molecule has 23 heavy (non-hydrogen) atoms. The Kier molecular flexibility index (Phi) is 5.25. The molecule has 1 aromatic carbocycles. The number of rotatable bonds is 5. The van der Waals surface area contributed by atoms with Gasteiger partial charge in [0.1, 0.15) is 6.04 Å². The molecule has 5 nitrogen and oxygen atoms in total. The molecule has 0 bridgehead atoms. The maximum Gasteiger partial charge on any atom is 0.416 e. The van der Waals surface area contributed by atoms with Crippen LogP contribution in [0.25, 0.3) is 0 Å². The van der Waals surface area contributed by atoms with Gasteiger partial charge in [-0.2, -0.15) is 13.2 Å². The fraction of sp³-hybridized carbons (Fsp3) is 0.467. The molecule has 1 fully saturated rings. The second-order valence-electron chi connectivity index (χ2n) is 5.42. The SMILES string of the molecule is NC(=O)[C@@H](Cc1ccc(C(F)(F)F)cc1)NC(=O)[C@@H]1CCOC1. The van der Waals surface area contributed by atoms with Gasteiger partial charge in [0.25, 0.3) is 0 Å². The van der Waals surface area contributed by atoms with Gasteiger partial charge >= 0.3 is 6.18 Å². The maximum absolute atomic E-state index is 12.5. The minimum Gasteiger partial charge on any atom is -0.381 e. The van der Waals surface area contributed by atoms with Crippen LogP contribution in [-0.2, 0) is 26.9 Å². The lowest BCUT2D eigenvalue weighted by atomic mass is 10.0. The summed E-state index contributed by atoms with van der Waals surface area (Å²) in [4.78, 5) is 23.5. The maximum atomic E-state index is 12.5. The number of benzene rings is 1. The molecule has 0 saturated carbocycles. The Labute approximate surface area is 131 Å². The molecule has 2 amide bonds. The van der Waals surface area contributed by atoms with Gasteiger partial charge in [-0.1, -0.05) is 12.1 Å². The number of hydrogen-bond acceptors (Lipinski definition) is 3. The highest BCUT2D eigenvalue weighted by atomic mass is 19.4. The summed E-state index contributed by atoms with van der Waals surface area (Å²) in [7, 11) is 0. The van der Waals surface area contributed by atoms with Crippen LogP contribution in [0.5, 0.6) is 0 Å². The number of nitrogens with two attached hydrogens (primary N) is 1. The molecule has 1 heterocycles. The average Bonchev–Trinajstić information content (AvgIpc) is 3.00. The van der Waals surface area contributed by atoms with Crippen LogP contribution in [0.3, 0.4) is 0 Å². The van der Waals surface area contributed by atoms with Crippen LogP contribution in [0.4, 0.5) is 13.2 Å². The van der Waals surface area contributed by atoms with Crippen LogP contribution in [0.2, 0.25) is 0 Å². The lowest BCUT2D eigenvalue weighted by Crippen LogP contribution is -2.48. The van der Waals surface area contributed by atoms with Gasteiger partial charge in [-0.15, -0.1) is 0 Å². The molecule has 0 radical (unpaired) electrons. The second-order valence-corrected chi connectivity index (χ2v) is 5.42. The molecule has 0 spiro atoms. The number of hydrogen-bond donors (Lipinski definition) is 2. The van der Waals surface area contributed by atoms with E-state index in [2.05, 4.69) is 5.32 Å². The van der Waals surface area contributed by atoms with E-state index in [0.717, 1.165) is 12.1 Å². The summed E-state index contributed by atoms with van der Waals surface area (Å²) in [5.41, 5.74) is 4.97. The third-order valence-corrected chi connectivity index (χ3v) is 3.68. The highest BCUT2D eigenvalue weighted by molar-refractivity contribution is 5.87. The van der Waals surface area contributed by atoms with Gasteiger partial charge in [0.2, 0.25) is 11.8 Å². The molecule has 0 aliphatic carbocycles. The van der Waals surface area contributed by atoms with E-state index in [0.29, 0.717) is 18.6 Å². The lowest BCUT2D eigenvalue weighted by Gasteiger charge is -2.18. The number of alkyl halides is 3. The number of amides is 2. The molecule has 2 rings (SSSR count). The number of halogens is 3. The first-order chi connectivity index (χ1) is 10.8. The summed E-state index contributed by atoms with van der Waals surface area (Å²) in [5.74, 6) is -1.40. The monoisotopic (exact) mass is 330 g/mol. The van der Waals surface area contributed by atoms with E-state index in [9.17, 15) is 22.8 Å². The molecule has 126 valence electrons. The molecule has 3 N–H and O–H groups in total. The molecule has 0 unspecified atom stereocenters. The van der Waals surface area contributed by atoms with Crippen molar-refractivity contribution in [2.75, 3.05) is 13.2 Å². The summed E-state index contributed by atoms with van der Waals surface area (Å²) >= 11 is 0. The number of carbonyl (C=O) groups excluding carboxylic acids is 2. The zero-order valence-electron chi connectivity index (χ0n) is 12.2. The van der Waals surface area contributed by atoms with Gasteiger partial charge in [0, 0.05) is 13.0 Å². The molecule has 1 saturated heterocycles. The predicted molar refractivity (Wildman–Crippen MR) is 75.2 cm³/mol. The second kappa shape index (κ2) is 6.99. The highest BCUT2D eigenvalue weighted by Crippen LogP contribution is 2.29. The molecular weight excluding hydrogens is 313 g/mol. The van der Waals surface area contributed by atoms with Crippen molar-refractivity contribution in [1.82, 2.24) is 5.32 Å². The van der Waals surface area contributed by atoms with E-state index in [1.54, 1.807) is 0 Å². The Balaban J connectivity index is 2.01. The van der Waals surface area contributed by atoms with Gasteiger partial charge in [-0.05, 0) is 24.1 Å². The van der Waals surface area contributed by atoms with Gasteiger partial charge < -0.3 is 15.8 Å². The first-order valence-electron chi connectivity index (χ1n) is 7.11. The fourth-order valence-corrected chi connectivity index (χ4v) is 2.32. The topological polar surface area (TPSA) is 81.4 Å². The molecular formula is C15H17F3N2O3. The Hall–Kier alpha value is -2.09. The summed E-state index contributed by atoms with van der Waals surface area (Å²) in [6.07, 6.45) is -3.82. The number of ether oxygens (including phenoxy) is 1. The van der Waals surface area contributed by atoms with Crippen molar-refractivity contribution in [3.63, 3.8) is 0 Å². The van der Waals surface area contributed by atoms with Gasteiger partial charge in [-0.25, -0.2) is 0 Å². The Morgan fingerprint density at radius 1 is 1.30 bits per heavy atom. The molecule has 8 heteroatoms. The van der Waals surface area contributed by atoms with Crippen LogP contribution in [-0.4, -0.2) is 31.1 Å². The third-order valence-electron chi connectivity index (χ3n) is 3.68. The average molecular weight is 330 g/mol. The molecule has 0 aromatic heterocycles. The van der Waals surface area contributed by atoms with Crippen LogP contribution in [0.15, 0.2) is 24.3 Å². The van der Waals surface area contributed by atoms with E-state index >= 15 is 0 Å². The summed E-state index contributed by atoms with van der Waals surface area (Å²) in [6.45, 7) is 0.774. The van der Waals surface area contributed by atoms with Crippen molar-refractivity contribution < 1.29 is 27.5 Å².